The van der Waals surface area contributed by atoms with E-state index in [1.807, 2.05) is 36.4 Å². The highest BCUT2D eigenvalue weighted by atomic mass is 32.2. The number of aliphatic imine (C=N–C) groups is 1. The van der Waals surface area contributed by atoms with Crippen molar-refractivity contribution < 1.29 is 4.79 Å². The van der Waals surface area contributed by atoms with E-state index in [1.54, 1.807) is 0 Å². The lowest BCUT2D eigenvalue weighted by atomic mass is 10.0. The molecule has 1 aliphatic heterocycles. The molecule has 0 fully saturated rings. The zero-order chi connectivity index (χ0) is 13.1. The van der Waals surface area contributed by atoms with Crippen molar-refractivity contribution in [1.82, 2.24) is 0 Å². The summed E-state index contributed by atoms with van der Waals surface area (Å²) in [5, 5.41) is 0. The average molecular weight is 264 g/mol. The zero-order valence-electron chi connectivity index (χ0n) is 10.0. The predicted molar refractivity (Wildman–Crippen MR) is 79.9 cm³/mol. The van der Waals surface area contributed by atoms with Crippen molar-refractivity contribution >= 4 is 29.3 Å². The summed E-state index contributed by atoms with van der Waals surface area (Å²) < 4.78 is 0. The summed E-state index contributed by atoms with van der Waals surface area (Å²) in [7, 11) is 0. The van der Waals surface area contributed by atoms with Gasteiger partial charge in [-0.1, -0.05) is 66.4 Å². The molecular formula is C16H10NOS. The quantitative estimate of drug-likeness (QED) is 0.770. The molecule has 19 heavy (non-hydrogen) atoms. The average Bonchev–Trinajstić information content (AvgIpc) is 2.86. The summed E-state index contributed by atoms with van der Waals surface area (Å²) in [4.78, 5) is 15.6. The van der Waals surface area contributed by atoms with Gasteiger partial charge in [0.05, 0.1) is 4.91 Å². The monoisotopic (exact) mass is 264 g/mol. The van der Waals surface area contributed by atoms with Crippen LogP contribution >= 0.6 is 11.8 Å². The first-order valence-electron chi connectivity index (χ1n) is 5.87. The Bertz CT molecular complexity index is 657. The molecule has 0 N–H and O–H groups in total. The molecular weight excluding hydrogens is 254 g/mol. The summed E-state index contributed by atoms with van der Waals surface area (Å²) >= 11 is 1.24. The first-order chi connectivity index (χ1) is 9.33. The van der Waals surface area contributed by atoms with Gasteiger partial charge in [0, 0.05) is 0 Å². The second-order valence-corrected chi connectivity index (χ2v) is 4.93. The number of hydrogen-bond acceptors (Lipinski definition) is 2. The topological polar surface area (TPSA) is 29.4 Å². The lowest BCUT2D eigenvalue weighted by molar-refractivity contribution is -0.113. The van der Waals surface area contributed by atoms with E-state index in [0.29, 0.717) is 4.91 Å². The van der Waals surface area contributed by atoms with E-state index in [0.717, 1.165) is 11.1 Å². The van der Waals surface area contributed by atoms with Gasteiger partial charge in [0.15, 0.2) is 0 Å². The van der Waals surface area contributed by atoms with E-state index in [4.69, 9.17) is 0 Å². The maximum Gasteiger partial charge on any atom is 0.284 e. The normalized spacial score (nSPS) is 16.2. The van der Waals surface area contributed by atoms with Crippen LogP contribution in [-0.4, -0.2) is 11.5 Å². The number of thioether (sulfide) groups is 1. The molecule has 0 atom stereocenters. The molecule has 0 saturated heterocycles. The van der Waals surface area contributed by atoms with E-state index in [1.165, 1.54) is 17.3 Å². The molecule has 0 saturated carbocycles. The number of rotatable bonds is 2. The van der Waals surface area contributed by atoms with Crippen LogP contribution in [0.15, 0.2) is 64.5 Å². The summed E-state index contributed by atoms with van der Waals surface area (Å²) in [6, 6.07) is 18.3. The third-order valence-electron chi connectivity index (χ3n) is 2.83. The van der Waals surface area contributed by atoms with Crippen LogP contribution in [0.5, 0.6) is 0 Å². The first-order valence-corrected chi connectivity index (χ1v) is 6.69. The van der Waals surface area contributed by atoms with E-state index in [-0.39, 0.29) is 5.91 Å². The Morgan fingerprint density at radius 3 is 2.26 bits per heavy atom. The fourth-order valence-corrected chi connectivity index (χ4v) is 2.41. The molecule has 2 aromatic carbocycles. The Morgan fingerprint density at radius 2 is 1.63 bits per heavy atom. The lowest BCUT2D eigenvalue weighted by Crippen LogP contribution is -1.87. The molecule has 1 radical (unpaired) electrons. The van der Waals surface area contributed by atoms with E-state index in [9.17, 15) is 4.79 Å². The van der Waals surface area contributed by atoms with Crippen molar-refractivity contribution in [2.75, 3.05) is 0 Å². The molecule has 3 rings (SSSR count). The lowest BCUT2D eigenvalue weighted by Gasteiger charge is -2.02. The standard InChI is InChI=1S/C16H10NOS/c18-16-15(19-11-17-16)10-12-6-8-14(9-7-12)13-4-2-1-3-5-13/h1-10H/b15-10+. The fraction of sp³-hybridized carbons (Fsp3) is 0. The maximum atomic E-state index is 11.3. The number of benzene rings is 2. The molecule has 3 heteroatoms. The number of nitrogens with zero attached hydrogens (tertiary/aromatic N) is 1. The molecule has 0 aliphatic carbocycles. The second kappa shape index (κ2) is 5.24. The van der Waals surface area contributed by atoms with Crippen LogP contribution < -0.4 is 0 Å². The summed E-state index contributed by atoms with van der Waals surface area (Å²) in [6.45, 7) is 0. The van der Waals surface area contributed by atoms with Gasteiger partial charge < -0.3 is 0 Å². The Balaban J connectivity index is 1.86. The van der Waals surface area contributed by atoms with Crippen LogP contribution in [0.25, 0.3) is 17.2 Å². The minimum absolute atomic E-state index is 0.211. The summed E-state index contributed by atoms with van der Waals surface area (Å²) in [6.07, 6.45) is 1.84. The van der Waals surface area contributed by atoms with Crippen LogP contribution in [0.4, 0.5) is 0 Å². The minimum Gasteiger partial charge on any atom is -0.266 e. The van der Waals surface area contributed by atoms with Gasteiger partial charge in [-0.2, -0.15) is 4.99 Å². The van der Waals surface area contributed by atoms with Gasteiger partial charge in [-0.25, -0.2) is 0 Å². The van der Waals surface area contributed by atoms with Crippen molar-refractivity contribution in [2.24, 2.45) is 4.99 Å². The minimum atomic E-state index is -0.211. The molecule has 0 aromatic heterocycles. The van der Waals surface area contributed by atoms with E-state index >= 15 is 0 Å². The zero-order valence-corrected chi connectivity index (χ0v) is 10.9. The van der Waals surface area contributed by atoms with Gasteiger partial charge in [0.1, 0.15) is 5.55 Å². The molecule has 91 valence electrons. The van der Waals surface area contributed by atoms with Gasteiger partial charge in [-0.05, 0) is 22.8 Å². The van der Waals surface area contributed by atoms with Crippen LogP contribution in [-0.2, 0) is 4.79 Å². The third kappa shape index (κ3) is 2.66. The Hall–Kier alpha value is -2.13. The van der Waals surface area contributed by atoms with Gasteiger partial charge in [-0.15, -0.1) is 0 Å². The first kappa shape index (κ1) is 11.9. The molecule has 0 unspecified atom stereocenters. The molecule has 0 bridgehead atoms. The highest BCUT2D eigenvalue weighted by molar-refractivity contribution is 8.16. The SMILES string of the molecule is O=C1N=[C]S/C1=C/c1ccc(-c2ccccc2)cc1. The van der Waals surface area contributed by atoms with Gasteiger partial charge >= 0.3 is 0 Å². The third-order valence-corrected chi connectivity index (χ3v) is 3.52. The molecule has 1 heterocycles. The molecule has 0 spiro atoms. The van der Waals surface area contributed by atoms with Crippen LogP contribution in [0.2, 0.25) is 0 Å². The molecule has 1 aliphatic rings. The van der Waals surface area contributed by atoms with Crippen molar-refractivity contribution in [2.45, 2.75) is 0 Å². The maximum absolute atomic E-state index is 11.3. The van der Waals surface area contributed by atoms with Crippen LogP contribution in [0.3, 0.4) is 0 Å². The number of amides is 1. The Morgan fingerprint density at radius 1 is 0.947 bits per heavy atom. The Kier molecular flexibility index (Phi) is 3.29. The van der Waals surface area contributed by atoms with Crippen molar-refractivity contribution in [3.63, 3.8) is 0 Å². The number of carbonyl (C=O) groups excluding carboxylic acids is 1. The number of carbonyl (C=O) groups is 1. The highest BCUT2D eigenvalue weighted by Gasteiger charge is 2.13. The Labute approximate surface area is 115 Å². The van der Waals surface area contributed by atoms with Crippen molar-refractivity contribution in [3.8, 4) is 11.1 Å². The largest absolute Gasteiger partial charge is 0.284 e. The van der Waals surface area contributed by atoms with Gasteiger partial charge in [0.25, 0.3) is 5.91 Å². The summed E-state index contributed by atoms with van der Waals surface area (Å²) in [5.41, 5.74) is 5.95. The fourth-order valence-electron chi connectivity index (χ4n) is 1.86. The smallest absolute Gasteiger partial charge is 0.266 e. The van der Waals surface area contributed by atoms with E-state index < -0.39 is 0 Å². The number of hydrogen-bond donors (Lipinski definition) is 0. The van der Waals surface area contributed by atoms with Gasteiger partial charge in [0.2, 0.25) is 0 Å². The van der Waals surface area contributed by atoms with E-state index in [2.05, 4.69) is 34.8 Å². The summed E-state index contributed by atoms with van der Waals surface area (Å²) in [5.74, 6) is -0.211. The predicted octanol–water partition coefficient (Wildman–Crippen LogP) is 3.87. The second-order valence-electron chi connectivity index (χ2n) is 4.11. The molecule has 1 amide bonds. The van der Waals surface area contributed by atoms with Gasteiger partial charge in [-0.3, -0.25) is 4.79 Å². The molecule has 2 nitrogen and oxygen atoms in total. The van der Waals surface area contributed by atoms with Crippen molar-refractivity contribution in [1.29, 1.82) is 0 Å². The van der Waals surface area contributed by atoms with Crippen LogP contribution in [0, 0.1) is 0 Å². The molecule has 2 aromatic rings. The van der Waals surface area contributed by atoms with Crippen molar-refractivity contribution in [3.05, 3.63) is 65.1 Å². The van der Waals surface area contributed by atoms with Crippen LogP contribution in [0.1, 0.15) is 5.56 Å². The highest BCUT2D eigenvalue weighted by Crippen LogP contribution is 2.25.